The molecule has 0 aliphatic carbocycles. The fraction of sp³-hybridized carbons (Fsp3) is 0.625. The minimum atomic E-state index is -0.239. The summed E-state index contributed by atoms with van der Waals surface area (Å²) >= 11 is 0. The molecule has 0 spiro atoms. The monoisotopic (exact) mass is 261 g/mol. The highest BCUT2D eigenvalue weighted by molar-refractivity contribution is 5.37. The van der Waals surface area contributed by atoms with E-state index in [4.69, 9.17) is 4.74 Å². The van der Waals surface area contributed by atoms with Crippen LogP contribution in [0.5, 0.6) is 5.75 Å². The lowest BCUT2D eigenvalue weighted by Gasteiger charge is -2.32. The summed E-state index contributed by atoms with van der Waals surface area (Å²) in [6, 6.07) is 8.53. The van der Waals surface area contributed by atoms with E-state index >= 15 is 0 Å². The lowest BCUT2D eigenvalue weighted by atomic mass is 9.85. The number of rotatable bonds is 3. The first-order valence-electron chi connectivity index (χ1n) is 7.48. The van der Waals surface area contributed by atoms with Crippen molar-refractivity contribution in [2.24, 2.45) is 0 Å². The number of benzene rings is 1. The zero-order valence-electron chi connectivity index (χ0n) is 11.3. The van der Waals surface area contributed by atoms with Crippen LogP contribution in [0, 0.1) is 0 Å². The van der Waals surface area contributed by atoms with Crippen molar-refractivity contribution in [1.29, 1.82) is 0 Å². The Labute approximate surface area is 115 Å². The van der Waals surface area contributed by atoms with Crippen LogP contribution in [0.1, 0.15) is 43.6 Å². The van der Waals surface area contributed by atoms with Gasteiger partial charge in [0.1, 0.15) is 5.75 Å². The molecule has 3 unspecified atom stereocenters. The Morgan fingerprint density at radius 3 is 3.00 bits per heavy atom. The zero-order chi connectivity index (χ0) is 13.1. The molecule has 1 saturated heterocycles. The SMILES string of the molecule is OC(CC1CCOc2ccccc21)C1CCCCN1. The molecule has 19 heavy (non-hydrogen) atoms. The highest BCUT2D eigenvalue weighted by Gasteiger charge is 2.28. The van der Waals surface area contributed by atoms with Gasteiger partial charge in [-0.05, 0) is 49.8 Å². The van der Waals surface area contributed by atoms with Gasteiger partial charge in [0.05, 0.1) is 12.7 Å². The molecule has 1 fully saturated rings. The third-order valence-electron chi connectivity index (χ3n) is 4.42. The summed E-state index contributed by atoms with van der Waals surface area (Å²) in [7, 11) is 0. The molecule has 2 N–H and O–H groups in total. The normalized spacial score (nSPS) is 28.3. The highest BCUT2D eigenvalue weighted by atomic mass is 16.5. The standard InChI is InChI=1S/C16H23NO2/c18-15(14-6-3-4-9-17-14)11-12-8-10-19-16-7-2-1-5-13(12)16/h1-2,5,7,12,14-15,17-18H,3-4,6,8-11H2. The van der Waals surface area contributed by atoms with E-state index in [-0.39, 0.29) is 12.1 Å². The van der Waals surface area contributed by atoms with E-state index in [1.165, 1.54) is 18.4 Å². The Morgan fingerprint density at radius 2 is 2.16 bits per heavy atom. The van der Waals surface area contributed by atoms with Gasteiger partial charge in [0.25, 0.3) is 0 Å². The fourth-order valence-corrected chi connectivity index (χ4v) is 3.32. The lowest BCUT2D eigenvalue weighted by Crippen LogP contribution is -2.43. The number of piperidine rings is 1. The van der Waals surface area contributed by atoms with Crippen molar-refractivity contribution in [3.05, 3.63) is 29.8 Å². The summed E-state index contributed by atoms with van der Waals surface area (Å²) in [5.74, 6) is 1.44. The average molecular weight is 261 g/mol. The molecule has 3 nitrogen and oxygen atoms in total. The van der Waals surface area contributed by atoms with Gasteiger partial charge in [0, 0.05) is 6.04 Å². The van der Waals surface area contributed by atoms with Gasteiger partial charge in [-0.1, -0.05) is 24.6 Å². The highest BCUT2D eigenvalue weighted by Crippen LogP contribution is 2.36. The second kappa shape index (κ2) is 5.93. The Morgan fingerprint density at radius 1 is 1.26 bits per heavy atom. The van der Waals surface area contributed by atoms with Crippen LogP contribution in [0.15, 0.2) is 24.3 Å². The fourth-order valence-electron chi connectivity index (χ4n) is 3.32. The van der Waals surface area contributed by atoms with E-state index in [0.717, 1.165) is 38.2 Å². The number of para-hydroxylation sites is 1. The third-order valence-corrected chi connectivity index (χ3v) is 4.42. The predicted molar refractivity (Wildman–Crippen MR) is 75.6 cm³/mol. The maximum atomic E-state index is 10.4. The maximum absolute atomic E-state index is 10.4. The Balaban J connectivity index is 1.66. The van der Waals surface area contributed by atoms with Gasteiger partial charge in [-0.3, -0.25) is 0 Å². The summed E-state index contributed by atoms with van der Waals surface area (Å²) in [5, 5.41) is 13.9. The molecule has 1 aromatic rings. The van der Waals surface area contributed by atoms with Gasteiger partial charge in [0.15, 0.2) is 0 Å². The molecule has 3 atom stereocenters. The van der Waals surface area contributed by atoms with Gasteiger partial charge in [-0.15, -0.1) is 0 Å². The first-order chi connectivity index (χ1) is 9.34. The van der Waals surface area contributed by atoms with Gasteiger partial charge >= 0.3 is 0 Å². The van der Waals surface area contributed by atoms with Crippen LogP contribution in [0.3, 0.4) is 0 Å². The summed E-state index contributed by atoms with van der Waals surface area (Å²) in [6.45, 7) is 1.82. The first-order valence-corrected chi connectivity index (χ1v) is 7.48. The number of aliphatic hydroxyl groups is 1. The first kappa shape index (κ1) is 12.9. The summed E-state index contributed by atoms with van der Waals surface area (Å²) in [5.41, 5.74) is 1.27. The molecule has 3 rings (SSSR count). The maximum Gasteiger partial charge on any atom is 0.122 e. The third kappa shape index (κ3) is 2.93. The smallest absolute Gasteiger partial charge is 0.122 e. The molecular weight excluding hydrogens is 238 g/mol. The van der Waals surface area contributed by atoms with Crippen LogP contribution in [0.4, 0.5) is 0 Å². The zero-order valence-corrected chi connectivity index (χ0v) is 11.3. The van der Waals surface area contributed by atoms with Gasteiger partial charge in [0.2, 0.25) is 0 Å². The van der Waals surface area contributed by atoms with E-state index in [0.29, 0.717) is 5.92 Å². The van der Waals surface area contributed by atoms with Crippen molar-refractivity contribution >= 4 is 0 Å². The van der Waals surface area contributed by atoms with Crippen molar-refractivity contribution in [2.45, 2.75) is 50.2 Å². The van der Waals surface area contributed by atoms with E-state index in [9.17, 15) is 5.11 Å². The number of aliphatic hydroxyl groups excluding tert-OH is 1. The number of nitrogens with one attached hydrogen (secondary N) is 1. The molecule has 0 saturated carbocycles. The molecule has 0 amide bonds. The van der Waals surface area contributed by atoms with Crippen LogP contribution >= 0.6 is 0 Å². The Kier molecular flexibility index (Phi) is 4.04. The van der Waals surface area contributed by atoms with E-state index in [1.807, 2.05) is 12.1 Å². The van der Waals surface area contributed by atoms with Gasteiger partial charge < -0.3 is 15.2 Å². The predicted octanol–water partition coefficient (Wildman–Crippen LogP) is 2.45. The minimum absolute atomic E-state index is 0.239. The molecule has 2 aliphatic rings. The molecule has 1 aromatic carbocycles. The largest absolute Gasteiger partial charge is 0.493 e. The molecule has 0 aromatic heterocycles. The number of fused-ring (bicyclic) bond motifs is 1. The summed E-state index contributed by atoms with van der Waals surface area (Å²) in [6.07, 6.45) is 5.20. The van der Waals surface area contributed by atoms with Gasteiger partial charge in [-0.25, -0.2) is 0 Å². The minimum Gasteiger partial charge on any atom is -0.493 e. The van der Waals surface area contributed by atoms with Crippen molar-refractivity contribution in [2.75, 3.05) is 13.2 Å². The van der Waals surface area contributed by atoms with Crippen molar-refractivity contribution in [1.82, 2.24) is 5.32 Å². The number of ether oxygens (including phenoxy) is 1. The lowest BCUT2D eigenvalue weighted by molar-refractivity contribution is 0.0914. The molecule has 0 radical (unpaired) electrons. The second-order valence-corrected chi connectivity index (χ2v) is 5.73. The number of hydrogen-bond donors (Lipinski definition) is 2. The Hall–Kier alpha value is -1.06. The molecule has 2 heterocycles. The van der Waals surface area contributed by atoms with Crippen molar-refractivity contribution < 1.29 is 9.84 Å². The van der Waals surface area contributed by atoms with Crippen LogP contribution in [0.2, 0.25) is 0 Å². The quantitative estimate of drug-likeness (QED) is 0.878. The summed E-state index contributed by atoms with van der Waals surface area (Å²) in [4.78, 5) is 0. The van der Waals surface area contributed by atoms with Crippen LogP contribution < -0.4 is 10.1 Å². The summed E-state index contributed by atoms with van der Waals surface area (Å²) < 4.78 is 5.68. The Bertz CT molecular complexity index is 415. The van der Waals surface area contributed by atoms with E-state index in [2.05, 4.69) is 17.4 Å². The van der Waals surface area contributed by atoms with E-state index in [1.54, 1.807) is 0 Å². The second-order valence-electron chi connectivity index (χ2n) is 5.73. The molecule has 3 heteroatoms. The molecule has 2 aliphatic heterocycles. The van der Waals surface area contributed by atoms with E-state index < -0.39 is 0 Å². The molecule has 104 valence electrons. The van der Waals surface area contributed by atoms with Crippen molar-refractivity contribution in [3.63, 3.8) is 0 Å². The van der Waals surface area contributed by atoms with Crippen molar-refractivity contribution in [3.8, 4) is 5.75 Å². The van der Waals surface area contributed by atoms with Crippen LogP contribution in [0.25, 0.3) is 0 Å². The topological polar surface area (TPSA) is 41.5 Å². The van der Waals surface area contributed by atoms with Crippen LogP contribution in [-0.4, -0.2) is 30.4 Å². The van der Waals surface area contributed by atoms with Gasteiger partial charge in [-0.2, -0.15) is 0 Å². The average Bonchev–Trinajstić information content (AvgIpc) is 2.48. The molecule has 0 bridgehead atoms. The number of hydrogen-bond acceptors (Lipinski definition) is 3. The molecular formula is C16H23NO2. The van der Waals surface area contributed by atoms with Crippen LogP contribution in [-0.2, 0) is 0 Å².